The largest absolute Gasteiger partial charge is 0.353 e. The first kappa shape index (κ1) is 12.4. The second-order valence-electron chi connectivity index (χ2n) is 5.05. The first-order chi connectivity index (χ1) is 8.15. The van der Waals surface area contributed by atoms with Gasteiger partial charge < -0.3 is 16.0 Å². The molecule has 0 spiro atoms. The molecule has 2 aliphatic rings. The molecule has 5 heteroatoms. The minimum atomic E-state index is -0.218. The maximum atomic E-state index is 11.6. The van der Waals surface area contributed by atoms with E-state index in [1.165, 1.54) is 0 Å². The van der Waals surface area contributed by atoms with Crippen molar-refractivity contribution in [2.45, 2.75) is 57.2 Å². The molecular formula is C12H21N3O2. The van der Waals surface area contributed by atoms with Crippen molar-refractivity contribution in [3.05, 3.63) is 0 Å². The van der Waals surface area contributed by atoms with E-state index in [2.05, 4.69) is 16.0 Å². The smallest absolute Gasteiger partial charge is 0.237 e. The van der Waals surface area contributed by atoms with E-state index in [0.717, 1.165) is 25.7 Å². The third-order valence-electron chi connectivity index (χ3n) is 3.06. The van der Waals surface area contributed by atoms with Gasteiger partial charge in [-0.05, 0) is 32.6 Å². The highest BCUT2D eigenvalue weighted by Crippen LogP contribution is 2.19. The topological polar surface area (TPSA) is 70.2 Å². The molecule has 3 N–H and O–H groups in total. The Morgan fingerprint density at radius 3 is 2.29 bits per heavy atom. The Kier molecular flexibility index (Phi) is 3.99. The molecule has 0 radical (unpaired) electrons. The van der Waals surface area contributed by atoms with Crippen LogP contribution in [-0.2, 0) is 9.59 Å². The van der Waals surface area contributed by atoms with E-state index in [4.69, 9.17) is 0 Å². The summed E-state index contributed by atoms with van der Waals surface area (Å²) in [5.41, 5.74) is 0. The summed E-state index contributed by atoms with van der Waals surface area (Å²) in [6.07, 6.45) is 4.86. The van der Waals surface area contributed by atoms with Gasteiger partial charge in [0.05, 0.1) is 6.04 Å². The number of nitrogens with one attached hydrogen (secondary N) is 3. The molecule has 0 aromatic rings. The molecule has 17 heavy (non-hydrogen) atoms. The van der Waals surface area contributed by atoms with Crippen molar-refractivity contribution in [1.29, 1.82) is 0 Å². The molecule has 2 fully saturated rings. The van der Waals surface area contributed by atoms with Gasteiger partial charge in [-0.25, -0.2) is 0 Å². The van der Waals surface area contributed by atoms with E-state index < -0.39 is 0 Å². The lowest BCUT2D eigenvalue weighted by Crippen LogP contribution is -2.44. The van der Waals surface area contributed by atoms with E-state index in [1.807, 2.05) is 6.92 Å². The summed E-state index contributed by atoms with van der Waals surface area (Å²) in [5, 5.41) is 8.92. The van der Waals surface area contributed by atoms with Gasteiger partial charge in [-0.15, -0.1) is 0 Å². The second-order valence-corrected chi connectivity index (χ2v) is 5.05. The molecule has 0 aromatic heterocycles. The Bertz CT molecular complexity index is 298. The fourth-order valence-corrected chi connectivity index (χ4v) is 1.58. The lowest BCUT2D eigenvalue weighted by molar-refractivity contribution is -0.124. The van der Waals surface area contributed by atoms with Crippen molar-refractivity contribution >= 4 is 11.8 Å². The van der Waals surface area contributed by atoms with Crippen LogP contribution in [0.1, 0.15) is 39.0 Å². The van der Waals surface area contributed by atoms with Crippen LogP contribution in [-0.4, -0.2) is 36.5 Å². The summed E-state index contributed by atoms with van der Waals surface area (Å²) in [4.78, 5) is 23.0. The number of carbonyl (C=O) groups excluding carboxylic acids is 2. The highest BCUT2D eigenvalue weighted by Gasteiger charge is 2.25. The molecular weight excluding hydrogens is 218 g/mol. The van der Waals surface area contributed by atoms with Gasteiger partial charge >= 0.3 is 0 Å². The first-order valence-corrected chi connectivity index (χ1v) is 6.48. The van der Waals surface area contributed by atoms with Crippen LogP contribution in [0.2, 0.25) is 0 Å². The van der Waals surface area contributed by atoms with Crippen LogP contribution < -0.4 is 16.0 Å². The Labute approximate surface area is 102 Å². The highest BCUT2D eigenvalue weighted by molar-refractivity contribution is 5.82. The van der Waals surface area contributed by atoms with Gasteiger partial charge in [-0.1, -0.05) is 0 Å². The van der Waals surface area contributed by atoms with Crippen molar-refractivity contribution in [3.8, 4) is 0 Å². The van der Waals surface area contributed by atoms with Crippen LogP contribution in [0.4, 0.5) is 0 Å². The van der Waals surface area contributed by atoms with E-state index >= 15 is 0 Å². The average Bonchev–Trinajstić information content (AvgIpc) is 3.13. The third kappa shape index (κ3) is 4.73. The van der Waals surface area contributed by atoms with Crippen LogP contribution in [0.5, 0.6) is 0 Å². The van der Waals surface area contributed by atoms with Crippen molar-refractivity contribution in [2.75, 3.05) is 6.54 Å². The van der Waals surface area contributed by atoms with Crippen molar-refractivity contribution in [2.24, 2.45) is 0 Å². The lowest BCUT2D eigenvalue weighted by atomic mass is 10.3. The number of amides is 2. The van der Waals surface area contributed by atoms with Crippen molar-refractivity contribution in [1.82, 2.24) is 16.0 Å². The summed E-state index contributed by atoms with van der Waals surface area (Å²) in [7, 11) is 0. The number of rotatable bonds is 7. The quantitative estimate of drug-likeness (QED) is 0.581. The maximum absolute atomic E-state index is 11.6. The van der Waals surface area contributed by atoms with Crippen LogP contribution in [0.3, 0.4) is 0 Å². The maximum Gasteiger partial charge on any atom is 0.237 e. The number of hydrogen-bond acceptors (Lipinski definition) is 3. The van der Waals surface area contributed by atoms with E-state index in [9.17, 15) is 9.59 Å². The van der Waals surface area contributed by atoms with E-state index in [-0.39, 0.29) is 17.9 Å². The minimum Gasteiger partial charge on any atom is -0.353 e. The molecule has 2 saturated carbocycles. The van der Waals surface area contributed by atoms with Crippen LogP contribution in [0.15, 0.2) is 0 Å². The molecule has 0 saturated heterocycles. The third-order valence-corrected chi connectivity index (χ3v) is 3.06. The predicted molar refractivity (Wildman–Crippen MR) is 64.4 cm³/mol. The Balaban J connectivity index is 1.53. The summed E-state index contributed by atoms with van der Waals surface area (Å²) in [6, 6.07) is 0.590. The Morgan fingerprint density at radius 2 is 1.71 bits per heavy atom. The normalized spacial score (nSPS) is 20.8. The molecule has 2 aliphatic carbocycles. The lowest BCUT2D eigenvalue weighted by Gasteiger charge is -2.13. The summed E-state index contributed by atoms with van der Waals surface area (Å²) in [6.45, 7) is 2.38. The summed E-state index contributed by atoms with van der Waals surface area (Å²) in [5.74, 6) is 0.116. The van der Waals surface area contributed by atoms with Gasteiger partial charge in [0.15, 0.2) is 0 Å². The zero-order valence-corrected chi connectivity index (χ0v) is 10.3. The molecule has 5 nitrogen and oxygen atoms in total. The van der Waals surface area contributed by atoms with Gasteiger partial charge in [-0.3, -0.25) is 9.59 Å². The molecule has 0 heterocycles. The summed E-state index contributed by atoms with van der Waals surface area (Å²) >= 11 is 0. The van der Waals surface area contributed by atoms with E-state index in [0.29, 0.717) is 25.0 Å². The van der Waals surface area contributed by atoms with Crippen LogP contribution in [0.25, 0.3) is 0 Å². The fraction of sp³-hybridized carbons (Fsp3) is 0.833. The number of carbonyl (C=O) groups is 2. The van der Waals surface area contributed by atoms with Gasteiger partial charge in [0, 0.05) is 25.0 Å². The predicted octanol–water partition coefficient (Wildman–Crippen LogP) is -0.0882. The molecule has 1 unspecified atom stereocenters. The van der Waals surface area contributed by atoms with E-state index in [1.54, 1.807) is 0 Å². The van der Waals surface area contributed by atoms with Gasteiger partial charge in [-0.2, -0.15) is 0 Å². The SMILES string of the molecule is CC(NCCC(=O)NC1CC1)C(=O)NC1CC1. The fourth-order valence-electron chi connectivity index (χ4n) is 1.58. The summed E-state index contributed by atoms with van der Waals surface area (Å²) < 4.78 is 0. The molecule has 2 rings (SSSR count). The first-order valence-electron chi connectivity index (χ1n) is 6.48. The highest BCUT2D eigenvalue weighted by atomic mass is 16.2. The monoisotopic (exact) mass is 239 g/mol. The molecule has 0 aromatic carbocycles. The van der Waals surface area contributed by atoms with Crippen LogP contribution >= 0.6 is 0 Å². The van der Waals surface area contributed by atoms with Gasteiger partial charge in [0.1, 0.15) is 0 Å². The molecule has 0 aliphatic heterocycles. The second kappa shape index (κ2) is 5.49. The van der Waals surface area contributed by atoms with Gasteiger partial charge in [0.25, 0.3) is 0 Å². The molecule has 0 bridgehead atoms. The van der Waals surface area contributed by atoms with Crippen molar-refractivity contribution in [3.63, 3.8) is 0 Å². The standard InChI is InChI=1S/C12H21N3O2/c1-8(12(17)15-10-4-5-10)13-7-6-11(16)14-9-2-3-9/h8-10,13H,2-7H2,1H3,(H,14,16)(H,15,17). The minimum absolute atomic E-state index is 0.0371. The zero-order valence-electron chi connectivity index (χ0n) is 10.3. The van der Waals surface area contributed by atoms with Crippen LogP contribution in [0, 0.1) is 0 Å². The zero-order chi connectivity index (χ0) is 12.3. The average molecular weight is 239 g/mol. The van der Waals surface area contributed by atoms with Crippen molar-refractivity contribution < 1.29 is 9.59 Å². The molecule has 1 atom stereocenters. The Morgan fingerprint density at radius 1 is 1.12 bits per heavy atom. The van der Waals surface area contributed by atoms with Gasteiger partial charge in [0.2, 0.25) is 11.8 Å². The molecule has 2 amide bonds. The molecule has 96 valence electrons. The number of hydrogen-bond donors (Lipinski definition) is 3. The Hall–Kier alpha value is -1.10.